The fourth-order valence-corrected chi connectivity index (χ4v) is 6.01. The molecule has 2 rings (SSSR count). The number of phosphoric ester groups is 2. The molecule has 3 atom stereocenters. The summed E-state index contributed by atoms with van der Waals surface area (Å²) in [6.45, 7) is 7.80. The Hall–Kier alpha value is -1.51. The Morgan fingerprint density at radius 3 is 2.33 bits per heavy atom. The molecule has 2 aromatic rings. The molecule has 0 bridgehead atoms. The summed E-state index contributed by atoms with van der Waals surface area (Å²) in [6, 6.07) is 0. The first kappa shape index (κ1) is 33.7. The number of fused-ring (bicyclic) bond motifs is 1. The normalized spacial score (nSPS) is 16.3. The summed E-state index contributed by atoms with van der Waals surface area (Å²) >= 11 is 0. The van der Waals surface area contributed by atoms with Gasteiger partial charge in [-0.1, -0.05) is 33.6 Å². The van der Waals surface area contributed by atoms with E-state index < -0.39 is 45.7 Å². The van der Waals surface area contributed by atoms with Crippen LogP contribution < -0.4 is 5.73 Å². The number of anilines is 1. The zero-order valence-corrected chi connectivity index (χ0v) is 24.8. The molecule has 39 heavy (non-hydrogen) atoms. The summed E-state index contributed by atoms with van der Waals surface area (Å²) in [6.07, 6.45) is 2.32. The van der Waals surface area contributed by atoms with E-state index in [0.717, 1.165) is 12.8 Å². The second-order valence-electron chi connectivity index (χ2n) is 9.94. The van der Waals surface area contributed by atoms with Crippen LogP contribution in [0.3, 0.4) is 0 Å². The molecule has 0 radical (unpaired) electrons. The van der Waals surface area contributed by atoms with Crippen LogP contribution in [0.2, 0.25) is 0 Å². The van der Waals surface area contributed by atoms with Crippen LogP contribution in [0.25, 0.3) is 11.2 Å². The van der Waals surface area contributed by atoms with Gasteiger partial charge in [0.25, 0.3) is 0 Å². The fraction of sp³-hybridized carbons (Fsp3) is 0.773. The minimum atomic E-state index is -4.91. The zero-order valence-electron chi connectivity index (χ0n) is 23.0. The van der Waals surface area contributed by atoms with Gasteiger partial charge < -0.3 is 30.3 Å². The van der Waals surface area contributed by atoms with Crippen molar-refractivity contribution in [3.8, 4) is 0 Å². The van der Waals surface area contributed by atoms with Crippen molar-refractivity contribution in [1.82, 2.24) is 19.5 Å². The number of rotatable bonds is 18. The summed E-state index contributed by atoms with van der Waals surface area (Å²) in [7, 11) is -9.47. The van der Waals surface area contributed by atoms with Gasteiger partial charge in [-0.3, -0.25) is 18.1 Å². The number of aliphatic hydroxyl groups is 1. The summed E-state index contributed by atoms with van der Waals surface area (Å²) in [5.41, 5.74) is 4.21. The van der Waals surface area contributed by atoms with Gasteiger partial charge in [0.2, 0.25) is 0 Å². The molecular weight excluding hydrogens is 556 g/mol. The fourth-order valence-electron chi connectivity index (χ4n) is 4.06. The maximum absolute atomic E-state index is 12.6. The van der Waals surface area contributed by atoms with E-state index in [2.05, 4.69) is 15.0 Å². The third kappa shape index (κ3) is 10.4. The Balaban J connectivity index is 2.24. The third-order valence-corrected chi connectivity index (χ3v) is 8.19. The van der Waals surface area contributed by atoms with E-state index >= 15 is 0 Å². The van der Waals surface area contributed by atoms with E-state index in [0.29, 0.717) is 17.6 Å². The van der Waals surface area contributed by atoms with Crippen LogP contribution in [0.15, 0.2) is 12.7 Å². The quantitative estimate of drug-likeness (QED) is 0.156. The maximum atomic E-state index is 12.6. The average Bonchev–Trinajstić information content (AvgIpc) is 3.26. The number of nitrogen functional groups attached to an aromatic ring is 1. The Kier molecular flexibility index (Phi) is 12.0. The molecule has 0 saturated carbocycles. The number of aliphatic hydroxyl groups excluding tert-OH is 1. The molecule has 6 N–H and O–H groups in total. The number of hydrogen-bond donors (Lipinski definition) is 5. The Bertz CT molecular complexity index is 1150. The van der Waals surface area contributed by atoms with Gasteiger partial charge in [-0.25, -0.2) is 24.1 Å². The summed E-state index contributed by atoms with van der Waals surface area (Å²) < 4.78 is 47.3. The highest BCUT2D eigenvalue weighted by atomic mass is 31.2. The van der Waals surface area contributed by atoms with Crippen molar-refractivity contribution in [2.75, 3.05) is 12.3 Å². The lowest BCUT2D eigenvalue weighted by molar-refractivity contribution is -0.116. The summed E-state index contributed by atoms with van der Waals surface area (Å²) in [4.78, 5) is 41.5. The van der Waals surface area contributed by atoms with Gasteiger partial charge in [0.05, 0.1) is 30.2 Å². The van der Waals surface area contributed by atoms with Gasteiger partial charge >= 0.3 is 15.6 Å². The standard InChI is InChI=1S/C22H41N5O10P2/c1-6-9-10-21(4,5)36-39(32,33)35-12-16(28)17(11-22(7-2,8-3)37-38(29,30)31)34-15-27-14-26-18-19(23)24-13-25-20(18)27/h13-14,16-17,28H,6-12,15H2,1-5H3,(H,32,33)(H2,23,24,25)(H2,29,30,31)/t16?,17-/m1/s1. The van der Waals surface area contributed by atoms with Crippen LogP contribution in [0.1, 0.15) is 73.1 Å². The van der Waals surface area contributed by atoms with Gasteiger partial charge in [0.1, 0.15) is 24.7 Å². The van der Waals surface area contributed by atoms with Crippen molar-refractivity contribution in [3.05, 3.63) is 12.7 Å². The molecule has 0 spiro atoms. The number of nitrogens with two attached hydrogens (primary N) is 1. The molecule has 17 heteroatoms. The molecule has 0 amide bonds. The lowest BCUT2D eigenvalue weighted by Gasteiger charge is -2.36. The molecule has 0 aliphatic rings. The molecule has 0 aromatic carbocycles. The molecule has 0 aliphatic carbocycles. The summed E-state index contributed by atoms with van der Waals surface area (Å²) in [5.74, 6) is 0.162. The first-order valence-corrected chi connectivity index (χ1v) is 15.7. The van der Waals surface area contributed by atoms with E-state index in [1.807, 2.05) is 6.92 Å². The van der Waals surface area contributed by atoms with Crippen molar-refractivity contribution < 1.29 is 47.2 Å². The number of ether oxygens (including phenoxy) is 1. The van der Waals surface area contributed by atoms with E-state index in [-0.39, 0.29) is 31.8 Å². The number of imidazole rings is 1. The number of nitrogens with zero attached hydrogens (tertiary/aromatic N) is 4. The molecule has 0 aliphatic heterocycles. The molecular formula is C22H41N5O10P2. The Labute approximate surface area is 227 Å². The minimum absolute atomic E-state index is 0.162. The van der Waals surface area contributed by atoms with Gasteiger partial charge in [-0.2, -0.15) is 0 Å². The Morgan fingerprint density at radius 2 is 1.74 bits per heavy atom. The van der Waals surface area contributed by atoms with Crippen LogP contribution in [-0.4, -0.2) is 69.3 Å². The van der Waals surface area contributed by atoms with Crippen molar-refractivity contribution in [1.29, 1.82) is 0 Å². The number of phosphoric acid groups is 2. The van der Waals surface area contributed by atoms with Crippen molar-refractivity contribution >= 4 is 32.6 Å². The SMILES string of the molecule is CCCCC(C)(C)OP(=O)(O)OCC(O)[C@@H](CC(CC)(CC)OP(=O)(O)O)OCn1cnc2c(N)ncnc21. The molecule has 2 heterocycles. The first-order chi connectivity index (χ1) is 18.1. The van der Waals surface area contributed by atoms with Crippen molar-refractivity contribution in [2.45, 2.75) is 103 Å². The topological polar surface area (TPSA) is 222 Å². The third-order valence-electron chi connectivity index (χ3n) is 6.36. The highest BCUT2D eigenvalue weighted by molar-refractivity contribution is 7.47. The zero-order chi connectivity index (χ0) is 29.5. The molecule has 0 fully saturated rings. The van der Waals surface area contributed by atoms with E-state index in [1.165, 1.54) is 17.2 Å². The predicted octanol–water partition coefficient (Wildman–Crippen LogP) is 3.27. The maximum Gasteiger partial charge on any atom is 0.472 e. The lowest BCUT2D eigenvalue weighted by atomic mass is 9.89. The van der Waals surface area contributed by atoms with Crippen molar-refractivity contribution in [3.63, 3.8) is 0 Å². The largest absolute Gasteiger partial charge is 0.472 e. The number of aromatic nitrogens is 4. The van der Waals surface area contributed by atoms with E-state index in [9.17, 15) is 28.9 Å². The van der Waals surface area contributed by atoms with Gasteiger partial charge in [-0.05, 0) is 33.1 Å². The van der Waals surface area contributed by atoms with Crippen LogP contribution in [0.4, 0.5) is 5.82 Å². The van der Waals surface area contributed by atoms with Crippen LogP contribution >= 0.6 is 15.6 Å². The van der Waals surface area contributed by atoms with E-state index in [1.54, 1.807) is 27.7 Å². The molecule has 2 aromatic heterocycles. The van der Waals surface area contributed by atoms with Crippen LogP contribution in [0, 0.1) is 0 Å². The van der Waals surface area contributed by atoms with Gasteiger partial charge in [0.15, 0.2) is 11.5 Å². The predicted molar refractivity (Wildman–Crippen MR) is 142 cm³/mol. The van der Waals surface area contributed by atoms with Crippen molar-refractivity contribution in [2.24, 2.45) is 0 Å². The first-order valence-electron chi connectivity index (χ1n) is 12.7. The van der Waals surface area contributed by atoms with Gasteiger partial charge in [-0.15, -0.1) is 0 Å². The Morgan fingerprint density at radius 1 is 1.08 bits per heavy atom. The molecule has 0 saturated heterocycles. The van der Waals surface area contributed by atoms with Crippen LogP contribution in [0.5, 0.6) is 0 Å². The minimum Gasteiger partial charge on any atom is -0.388 e. The summed E-state index contributed by atoms with van der Waals surface area (Å²) in [5, 5.41) is 11.0. The second kappa shape index (κ2) is 13.9. The lowest BCUT2D eigenvalue weighted by Crippen LogP contribution is -2.42. The highest BCUT2D eigenvalue weighted by Crippen LogP contribution is 2.49. The number of unbranched alkanes of at least 4 members (excludes halogenated alkanes) is 1. The molecule has 15 nitrogen and oxygen atoms in total. The van der Waals surface area contributed by atoms with Gasteiger partial charge in [0, 0.05) is 6.42 Å². The van der Waals surface area contributed by atoms with E-state index in [4.69, 9.17) is 24.0 Å². The number of hydrogen-bond acceptors (Lipinski definition) is 11. The highest BCUT2D eigenvalue weighted by Gasteiger charge is 2.40. The monoisotopic (exact) mass is 597 g/mol. The smallest absolute Gasteiger partial charge is 0.388 e. The molecule has 2 unspecified atom stereocenters. The molecule has 224 valence electrons. The second-order valence-corrected chi connectivity index (χ2v) is 12.5. The van der Waals surface area contributed by atoms with Crippen LogP contribution in [-0.2, 0) is 34.2 Å². The average molecular weight is 598 g/mol.